The molecule has 2 heterocycles. The molecule has 5 nitrogen and oxygen atoms in total. The lowest BCUT2D eigenvalue weighted by atomic mass is 9.94. The lowest BCUT2D eigenvalue weighted by molar-refractivity contribution is 0.0713. The van der Waals surface area contributed by atoms with Gasteiger partial charge in [0.15, 0.2) is 0 Å². The zero-order valence-electron chi connectivity index (χ0n) is 21.9. The Morgan fingerprint density at radius 2 is 1.65 bits per heavy atom. The minimum atomic E-state index is -0.0416. The third kappa shape index (κ3) is 5.96. The second-order valence-electron chi connectivity index (χ2n) is 10.8. The lowest BCUT2D eigenvalue weighted by Gasteiger charge is -2.31. The number of rotatable bonds is 6. The van der Waals surface area contributed by atoms with Crippen molar-refractivity contribution >= 4 is 23.2 Å². The molecule has 2 amide bonds. The predicted molar refractivity (Wildman–Crippen MR) is 150 cm³/mol. The summed E-state index contributed by atoms with van der Waals surface area (Å²) in [5.74, 6) is 0.824. The molecular weight excluding hydrogens is 478 g/mol. The van der Waals surface area contributed by atoms with E-state index in [1.165, 1.54) is 24.8 Å². The van der Waals surface area contributed by atoms with Crippen molar-refractivity contribution in [2.24, 2.45) is 0 Å². The van der Waals surface area contributed by atoms with Crippen molar-refractivity contribution < 1.29 is 9.59 Å². The van der Waals surface area contributed by atoms with Gasteiger partial charge in [-0.15, -0.1) is 11.3 Å². The molecule has 0 radical (unpaired) electrons. The summed E-state index contributed by atoms with van der Waals surface area (Å²) in [5, 5.41) is 6.09. The Balaban J connectivity index is 1.21. The number of thiazole rings is 1. The molecule has 3 aromatic rings. The average molecular weight is 516 g/mol. The molecule has 37 heavy (non-hydrogen) atoms. The Morgan fingerprint density at radius 3 is 2.35 bits per heavy atom. The van der Waals surface area contributed by atoms with Crippen LogP contribution in [0.25, 0.3) is 11.1 Å². The van der Waals surface area contributed by atoms with Crippen LogP contribution in [0.5, 0.6) is 0 Å². The first-order valence-electron chi connectivity index (χ1n) is 13.7. The smallest absolute Gasteiger partial charge is 0.270 e. The first kappa shape index (κ1) is 25.7. The van der Waals surface area contributed by atoms with Gasteiger partial charge in [0, 0.05) is 36.0 Å². The molecule has 0 atom stereocenters. The van der Waals surface area contributed by atoms with Crippen LogP contribution in [0.1, 0.15) is 102 Å². The number of hydrogen-bond donors (Lipinski definition) is 1. The fourth-order valence-electron chi connectivity index (χ4n) is 5.55. The van der Waals surface area contributed by atoms with Crippen molar-refractivity contribution in [1.29, 1.82) is 0 Å². The molecule has 0 spiro atoms. The van der Waals surface area contributed by atoms with Gasteiger partial charge in [-0.2, -0.15) is 0 Å². The fraction of sp³-hybridized carbons (Fsp3) is 0.452. The van der Waals surface area contributed by atoms with Gasteiger partial charge >= 0.3 is 0 Å². The number of likely N-dealkylation sites (tertiary alicyclic amines) is 1. The number of amides is 2. The van der Waals surface area contributed by atoms with Gasteiger partial charge in [0.25, 0.3) is 11.8 Å². The molecule has 2 fully saturated rings. The molecule has 1 saturated carbocycles. The van der Waals surface area contributed by atoms with Crippen LogP contribution in [0.3, 0.4) is 0 Å². The first-order chi connectivity index (χ1) is 18.0. The van der Waals surface area contributed by atoms with Crippen molar-refractivity contribution in [3.05, 3.63) is 75.7 Å². The van der Waals surface area contributed by atoms with E-state index >= 15 is 0 Å². The molecule has 1 N–H and O–H groups in total. The van der Waals surface area contributed by atoms with Crippen LogP contribution in [0.4, 0.5) is 0 Å². The van der Waals surface area contributed by atoms with E-state index in [2.05, 4.69) is 43.4 Å². The summed E-state index contributed by atoms with van der Waals surface area (Å²) >= 11 is 1.58. The Hall–Kier alpha value is -2.99. The summed E-state index contributed by atoms with van der Waals surface area (Å²) in [5.41, 5.74) is 4.66. The summed E-state index contributed by atoms with van der Waals surface area (Å²) in [6.07, 6.45) is 7.54. The van der Waals surface area contributed by atoms with E-state index in [1.54, 1.807) is 11.3 Å². The molecule has 5 rings (SSSR count). The van der Waals surface area contributed by atoms with E-state index in [9.17, 15) is 9.59 Å². The summed E-state index contributed by atoms with van der Waals surface area (Å²) in [4.78, 5) is 32.9. The number of piperidine rings is 1. The maximum Gasteiger partial charge on any atom is 0.270 e. The van der Waals surface area contributed by atoms with Gasteiger partial charge in [-0.25, -0.2) is 4.98 Å². The van der Waals surface area contributed by atoms with Crippen molar-refractivity contribution in [2.75, 3.05) is 13.1 Å². The van der Waals surface area contributed by atoms with E-state index in [1.807, 2.05) is 34.5 Å². The molecule has 2 aliphatic rings. The highest BCUT2D eigenvalue weighted by molar-refractivity contribution is 7.09. The largest absolute Gasteiger partial charge is 0.348 e. The normalized spacial score (nSPS) is 17.2. The van der Waals surface area contributed by atoms with Gasteiger partial charge in [0.2, 0.25) is 0 Å². The van der Waals surface area contributed by atoms with Crippen LogP contribution in [0.15, 0.2) is 53.9 Å². The predicted octanol–water partition coefficient (Wildman–Crippen LogP) is 7.02. The molecule has 6 heteroatoms. The number of aromatic nitrogens is 1. The molecule has 1 aromatic heterocycles. The standard InChI is InChI=1S/C31H37N3O2S/c1-21(2)22-12-14-23(15-13-22)26-10-6-7-11-27(26)31(36)34-18-16-24(17-19-34)30-33-28(20-37-30)29(35)32-25-8-4-3-5-9-25/h6-7,10-15,20-21,24-25H,3-5,8-9,16-19H2,1-2H3,(H,32,35). The number of nitrogens with zero attached hydrogens (tertiary/aromatic N) is 2. The minimum Gasteiger partial charge on any atom is -0.348 e. The summed E-state index contributed by atoms with van der Waals surface area (Å²) in [6.45, 7) is 5.78. The second kappa shape index (κ2) is 11.6. The summed E-state index contributed by atoms with van der Waals surface area (Å²) in [6, 6.07) is 16.8. The van der Waals surface area contributed by atoms with Gasteiger partial charge in [-0.3, -0.25) is 9.59 Å². The van der Waals surface area contributed by atoms with Gasteiger partial charge in [-0.05, 0) is 54.4 Å². The fourth-order valence-corrected chi connectivity index (χ4v) is 6.53. The van der Waals surface area contributed by atoms with Crippen LogP contribution in [-0.2, 0) is 0 Å². The zero-order chi connectivity index (χ0) is 25.8. The topological polar surface area (TPSA) is 62.3 Å². The third-order valence-corrected chi connectivity index (χ3v) is 8.88. The quantitative estimate of drug-likeness (QED) is 0.384. The monoisotopic (exact) mass is 515 g/mol. The molecule has 1 aliphatic heterocycles. The summed E-state index contributed by atoms with van der Waals surface area (Å²) < 4.78 is 0. The van der Waals surface area contributed by atoms with E-state index in [0.29, 0.717) is 30.6 Å². The molecular formula is C31H37N3O2S. The van der Waals surface area contributed by atoms with Gasteiger partial charge in [0.05, 0.1) is 5.01 Å². The number of hydrogen-bond acceptors (Lipinski definition) is 4. The molecule has 0 unspecified atom stereocenters. The Morgan fingerprint density at radius 1 is 0.946 bits per heavy atom. The first-order valence-corrected chi connectivity index (χ1v) is 14.6. The number of benzene rings is 2. The molecule has 1 aliphatic carbocycles. The second-order valence-corrected chi connectivity index (χ2v) is 11.7. The molecule has 0 bridgehead atoms. The average Bonchev–Trinajstić information content (AvgIpc) is 3.44. The highest BCUT2D eigenvalue weighted by Crippen LogP contribution is 2.33. The Labute approximate surface area is 224 Å². The van der Waals surface area contributed by atoms with Gasteiger partial charge in [-0.1, -0.05) is 75.6 Å². The lowest BCUT2D eigenvalue weighted by Crippen LogP contribution is -2.38. The van der Waals surface area contributed by atoms with Crippen molar-refractivity contribution in [2.45, 2.75) is 76.7 Å². The van der Waals surface area contributed by atoms with Crippen molar-refractivity contribution in [1.82, 2.24) is 15.2 Å². The number of carbonyl (C=O) groups is 2. The minimum absolute atomic E-state index is 0.0416. The maximum atomic E-state index is 13.6. The van der Waals surface area contributed by atoms with Gasteiger partial charge < -0.3 is 10.2 Å². The molecule has 1 saturated heterocycles. The van der Waals surface area contributed by atoms with Crippen molar-refractivity contribution in [3.8, 4) is 11.1 Å². The van der Waals surface area contributed by atoms with Gasteiger partial charge in [0.1, 0.15) is 5.69 Å². The van der Waals surface area contributed by atoms with Crippen molar-refractivity contribution in [3.63, 3.8) is 0 Å². The van der Waals surface area contributed by atoms with Crippen LogP contribution < -0.4 is 5.32 Å². The Bertz CT molecular complexity index is 1220. The zero-order valence-corrected chi connectivity index (χ0v) is 22.7. The molecule has 194 valence electrons. The number of carbonyl (C=O) groups excluding carboxylic acids is 2. The van der Waals surface area contributed by atoms with E-state index in [-0.39, 0.29) is 17.9 Å². The summed E-state index contributed by atoms with van der Waals surface area (Å²) in [7, 11) is 0. The highest BCUT2D eigenvalue weighted by atomic mass is 32.1. The van der Waals surface area contributed by atoms with Crippen LogP contribution in [0, 0.1) is 0 Å². The van der Waals surface area contributed by atoms with Crippen LogP contribution in [0.2, 0.25) is 0 Å². The highest BCUT2D eigenvalue weighted by Gasteiger charge is 2.28. The molecule has 2 aromatic carbocycles. The number of nitrogens with one attached hydrogen (secondary N) is 1. The van der Waals surface area contributed by atoms with E-state index in [4.69, 9.17) is 4.98 Å². The Kier molecular flexibility index (Phi) is 8.04. The van der Waals surface area contributed by atoms with Crippen LogP contribution >= 0.6 is 11.3 Å². The maximum absolute atomic E-state index is 13.6. The van der Waals surface area contributed by atoms with E-state index < -0.39 is 0 Å². The third-order valence-electron chi connectivity index (χ3n) is 7.87. The SMILES string of the molecule is CC(C)c1ccc(-c2ccccc2C(=O)N2CCC(c3nc(C(=O)NC4CCCCC4)cs3)CC2)cc1. The van der Waals surface area contributed by atoms with Crippen LogP contribution in [-0.4, -0.2) is 40.8 Å². The van der Waals surface area contributed by atoms with E-state index in [0.717, 1.165) is 47.4 Å².